The summed E-state index contributed by atoms with van der Waals surface area (Å²) in [6, 6.07) is -0.877. The standard InChI is InChI=1S/C32H56N4O8/c1-10-24-32(7)28(36(31(40)44-32)16-12-11-14-33)22(6)34-15-13-18(2)27(20(4)25(37)21(5)29(39)42-24)43-30-26(38)23(35(8)9)17-19(3)41-30/h13,19-24,26-28,30,34,38H,10-12,14-17,33H2,1-9H3/b18-13+/t19-,20+,21-,22-,23?,24-,26?,27+,28-,30+,32-/m1/s1. The molecule has 1 amide bonds. The molecular weight excluding hydrogens is 568 g/mol. The van der Waals surface area contributed by atoms with E-state index in [1.54, 1.807) is 11.8 Å². The first-order valence-electron chi connectivity index (χ1n) is 16.2. The van der Waals surface area contributed by atoms with Gasteiger partial charge in [-0.1, -0.05) is 19.9 Å². The van der Waals surface area contributed by atoms with Crippen molar-refractivity contribution in [3.05, 3.63) is 11.6 Å². The Balaban J connectivity index is 1.99. The Morgan fingerprint density at radius 2 is 1.86 bits per heavy atom. The van der Waals surface area contributed by atoms with Gasteiger partial charge in [-0.15, -0.1) is 0 Å². The summed E-state index contributed by atoms with van der Waals surface area (Å²) in [5.74, 6) is -2.87. The smallest absolute Gasteiger partial charge is 0.410 e. The van der Waals surface area contributed by atoms with Crippen LogP contribution in [-0.2, 0) is 28.5 Å². The number of aliphatic hydroxyl groups excluding tert-OH is 1. The van der Waals surface area contributed by atoms with E-state index in [4.69, 9.17) is 24.7 Å². The number of unbranched alkanes of at least 4 members (excludes halogenated alkanes) is 1. The van der Waals surface area contributed by atoms with Gasteiger partial charge in [0, 0.05) is 31.1 Å². The lowest BCUT2D eigenvalue weighted by Crippen LogP contribution is -2.60. The fraction of sp³-hybridized carbons (Fsp3) is 0.844. The highest BCUT2D eigenvalue weighted by Crippen LogP contribution is 2.38. The minimum absolute atomic E-state index is 0.162. The summed E-state index contributed by atoms with van der Waals surface area (Å²) in [6.45, 7) is 14.1. The lowest BCUT2D eigenvalue weighted by molar-refractivity contribution is -0.267. The van der Waals surface area contributed by atoms with Gasteiger partial charge in [-0.25, -0.2) is 4.79 Å². The maximum Gasteiger partial charge on any atom is 0.410 e. The quantitative estimate of drug-likeness (QED) is 0.158. The predicted octanol–water partition coefficient (Wildman–Crippen LogP) is 2.22. The molecule has 44 heavy (non-hydrogen) atoms. The number of esters is 1. The lowest BCUT2D eigenvalue weighted by Gasteiger charge is -2.43. The molecule has 0 aliphatic carbocycles. The van der Waals surface area contributed by atoms with Gasteiger partial charge in [-0.3, -0.25) is 14.5 Å². The second-order valence-corrected chi connectivity index (χ2v) is 13.2. The molecule has 12 nitrogen and oxygen atoms in total. The molecule has 2 unspecified atom stereocenters. The number of nitrogens with zero attached hydrogens (tertiary/aromatic N) is 2. The van der Waals surface area contributed by atoms with Crippen LogP contribution in [0.2, 0.25) is 0 Å². The van der Waals surface area contributed by atoms with E-state index < -0.39 is 60.1 Å². The average Bonchev–Trinajstić information content (AvgIpc) is 3.23. The summed E-state index contributed by atoms with van der Waals surface area (Å²) < 4.78 is 24.5. The number of carbonyl (C=O) groups is 3. The molecule has 0 aromatic carbocycles. The fourth-order valence-corrected chi connectivity index (χ4v) is 6.97. The van der Waals surface area contributed by atoms with E-state index >= 15 is 0 Å². The van der Waals surface area contributed by atoms with Crippen LogP contribution in [0.4, 0.5) is 4.79 Å². The molecule has 4 N–H and O–H groups in total. The van der Waals surface area contributed by atoms with Crippen molar-refractivity contribution in [2.45, 2.75) is 129 Å². The molecule has 0 radical (unpaired) electrons. The average molecular weight is 625 g/mol. The lowest BCUT2D eigenvalue weighted by atomic mass is 9.83. The van der Waals surface area contributed by atoms with Crippen molar-refractivity contribution < 1.29 is 38.4 Å². The Hall–Kier alpha value is -2.09. The zero-order chi connectivity index (χ0) is 32.9. The number of carbonyl (C=O) groups excluding carboxylic acids is 3. The highest BCUT2D eigenvalue weighted by Gasteiger charge is 2.58. The molecule has 0 spiro atoms. The van der Waals surface area contributed by atoms with Crippen molar-refractivity contribution in [1.29, 1.82) is 0 Å². The maximum absolute atomic E-state index is 13.8. The number of ether oxygens (including phenoxy) is 4. The Morgan fingerprint density at radius 3 is 2.48 bits per heavy atom. The summed E-state index contributed by atoms with van der Waals surface area (Å²) in [4.78, 5) is 44.2. The maximum atomic E-state index is 13.8. The molecule has 0 bridgehead atoms. The van der Waals surface area contributed by atoms with Crippen molar-refractivity contribution >= 4 is 17.8 Å². The summed E-state index contributed by atoms with van der Waals surface area (Å²) in [5, 5.41) is 14.7. The van der Waals surface area contributed by atoms with E-state index in [1.165, 1.54) is 6.92 Å². The summed E-state index contributed by atoms with van der Waals surface area (Å²) in [5.41, 5.74) is 5.32. The van der Waals surface area contributed by atoms with Crippen LogP contribution in [0.5, 0.6) is 0 Å². The van der Waals surface area contributed by atoms with Gasteiger partial charge in [-0.2, -0.15) is 0 Å². The largest absolute Gasteiger partial charge is 0.458 e. The predicted molar refractivity (Wildman–Crippen MR) is 166 cm³/mol. The molecule has 3 aliphatic heterocycles. The molecule has 0 aromatic heterocycles. The molecule has 2 fully saturated rings. The van der Waals surface area contributed by atoms with Crippen molar-refractivity contribution in [2.24, 2.45) is 17.6 Å². The number of cyclic esters (lactones) is 1. The topological polar surface area (TPSA) is 153 Å². The number of aliphatic hydroxyl groups is 1. The second-order valence-electron chi connectivity index (χ2n) is 13.2. The third kappa shape index (κ3) is 7.82. The molecule has 3 heterocycles. The minimum Gasteiger partial charge on any atom is -0.458 e. The van der Waals surface area contributed by atoms with Gasteiger partial charge in [0.1, 0.15) is 18.1 Å². The number of hydrogen-bond donors (Lipinski definition) is 3. The number of nitrogens with two attached hydrogens (primary N) is 1. The van der Waals surface area contributed by atoms with Crippen LogP contribution in [0.1, 0.15) is 74.1 Å². The number of ketones is 1. The van der Waals surface area contributed by atoms with E-state index in [0.717, 1.165) is 12.0 Å². The van der Waals surface area contributed by atoms with Crippen LogP contribution in [0, 0.1) is 11.8 Å². The van der Waals surface area contributed by atoms with E-state index in [1.807, 2.05) is 59.7 Å². The highest BCUT2D eigenvalue weighted by atomic mass is 16.7. The Labute approximate surface area is 262 Å². The van der Waals surface area contributed by atoms with Gasteiger partial charge >= 0.3 is 12.1 Å². The number of Topliss-reactive ketones (excluding diaryl/α,β-unsaturated/α-hetero) is 1. The summed E-state index contributed by atoms with van der Waals surface area (Å²) in [7, 11) is 3.80. The third-order valence-corrected chi connectivity index (χ3v) is 9.61. The zero-order valence-corrected chi connectivity index (χ0v) is 28.1. The number of hydrogen-bond acceptors (Lipinski definition) is 11. The van der Waals surface area contributed by atoms with Crippen LogP contribution in [0.15, 0.2) is 11.6 Å². The van der Waals surface area contributed by atoms with E-state index in [-0.39, 0.29) is 24.0 Å². The number of likely N-dealkylation sites (N-methyl/N-ethyl adjacent to an activating group) is 1. The SMILES string of the molecule is CC[C@H]1OC(=O)[C@H](C)C(=O)[C@H](C)[C@@H](O[C@@H]2O[C@H](C)CC(N(C)C)C2O)/C(C)=C/CN[C@H](C)[C@H]2N(CCCCN)C(=O)O[C@]12C. The van der Waals surface area contributed by atoms with Crippen LogP contribution < -0.4 is 11.1 Å². The third-order valence-electron chi connectivity index (χ3n) is 9.61. The Bertz CT molecular complexity index is 1040. The van der Waals surface area contributed by atoms with E-state index in [2.05, 4.69) is 5.32 Å². The van der Waals surface area contributed by atoms with E-state index in [9.17, 15) is 19.5 Å². The monoisotopic (exact) mass is 624 g/mol. The number of nitrogens with one attached hydrogen (secondary N) is 1. The number of rotatable bonds is 8. The van der Waals surface area contributed by atoms with Gasteiger partial charge in [0.2, 0.25) is 0 Å². The fourth-order valence-electron chi connectivity index (χ4n) is 6.97. The molecule has 2 saturated heterocycles. The van der Waals surface area contributed by atoms with Gasteiger partial charge < -0.3 is 40.0 Å². The first kappa shape index (κ1) is 36.4. The first-order chi connectivity index (χ1) is 20.7. The van der Waals surface area contributed by atoms with Crippen LogP contribution >= 0.6 is 0 Å². The minimum atomic E-state index is -1.15. The van der Waals surface area contributed by atoms with Crippen molar-refractivity contribution in [1.82, 2.24) is 15.1 Å². The zero-order valence-electron chi connectivity index (χ0n) is 28.1. The van der Waals surface area contributed by atoms with Gasteiger partial charge in [-0.05, 0) is 86.5 Å². The highest BCUT2D eigenvalue weighted by molar-refractivity contribution is 6.00. The van der Waals surface area contributed by atoms with Crippen molar-refractivity contribution in [3.63, 3.8) is 0 Å². The van der Waals surface area contributed by atoms with Crippen LogP contribution in [0.3, 0.4) is 0 Å². The summed E-state index contributed by atoms with van der Waals surface area (Å²) in [6.07, 6.45) is 0.396. The Kier molecular flexibility index (Phi) is 12.8. The normalized spacial score (nSPS) is 40.6. The molecular formula is C32H56N4O8. The first-order valence-corrected chi connectivity index (χ1v) is 16.2. The van der Waals surface area contributed by atoms with Crippen LogP contribution in [-0.4, -0.2) is 121 Å². The number of amides is 1. The molecule has 252 valence electrons. The van der Waals surface area contributed by atoms with Crippen molar-refractivity contribution in [2.75, 3.05) is 33.7 Å². The van der Waals surface area contributed by atoms with Gasteiger partial charge in [0.15, 0.2) is 17.7 Å². The molecule has 11 atom stereocenters. The molecule has 0 saturated carbocycles. The van der Waals surface area contributed by atoms with E-state index in [0.29, 0.717) is 38.9 Å². The Morgan fingerprint density at radius 1 is 1.18 bits per heavy atom. The van der Waals surface area contributed by atoms with Crippen molar-refractivity contribution in [3.8, 4) is 0 Å². The van der Waals surface area contributed by atoms with Gasteiger partial charge in [0.25, 0.3) is 0 Å². The van der Waals surface area contributed by atoms with Crippen LogP contribution in [0.25, 0.3) is 0 Å². The summed E-state index contributed by atoms with van der Waals surface area (Å²) >= 11 is 0. The van der Waals surface area contributed by atoms with Gasteiger partial charge in [0.05, 0.1) is 18.2 Å². The molecule has 3 aliphatic rings. The molecule has 3 rings (SSSR count). The second kappa shape index (κ2) is 15.5. The molecule has 0 aromatic rings. The molecule has 12 heteroatoms. The number of fused-ring (bicyclic) bond motifs is 1.